The largest absolute Gasteiger partial charge is 0.478 e. The Bertz CT molecular complexity index is 538. The molecule has 0 aliphatic rings. The van der Waals surface area contributed by atoms with E-state index >= 15 is 0 Å². The number of carbonyl (C=O) groups is 1. The van der Waals surface area contributed by atoms with E-state index in [9.17, 15) is 9.18 Å². The van der Waals surface area contributed by atoms with Gasteiger partial charge in [-0.15, -0.1) is 0 Å². The molecule has 0 bridgehead atoms. The Labute approximate surface area is 97.1 Å². The van der Waals surface area contributed by atoms with Crippen molar-refractivity contribution in [3.8, 4) is 11.5 Å². The minimum atomic E-state index is -1.32. The molecule has 0 radical (unpaired) electrons. The summed E-state index contributed by atoms with van der Waals surface area (Å²) < 4.78 is 18.5. The number of halogens is 1. The Hall–Kier alpha value is -2.36. The molecule has 2 aromatic carbocycles. The quantitative estimate of drug-likeness (QED) is 0.882. The summed E-state index contributed by atoms with van der Waals surface area (Å²) in [6.07, 6.45) is 0. The van der Waals surface area contributed by atoms with Crippen LogP contribution in [0.2, 0.25) is 0 Å². The predicted molar refractivity (Wildman–Crippen MR) is 59.9 cm³/mol. The van der Waals surface area contributed by atoms with Crippen molar-refractivity contribution >= 4 is 5.97 Å². The minimum absolute atomic E-state index is 0.287. The molecule has 0 spiro atoms. The van der Waals surface area contributed by atoms with Crippen molar-refractivity contribution in [1.82, 2.24) is 0 Å². The van der Waals surface area contributed by atoms with Crippen molar-refractivity contribution < 1.29 is 19.0 Å². The highest BCUT2D eigenvalue weighted by molar-refractivity contribution is 5.88. The zero-order valence-corrected chi connectivity index (χ0v) is 8.76. The third-order valence-electron chi connectivity index (χ3n) is 2.15. The smallest absolute Gasteiger partial charge is 0.338 e. The van der Waals surface area contributed by atoms with Crippen molar-refractivity contribution in [3.05, 3.63) is 59.9 Å². The van der Waals surface area contributed by atoms with E-state index in [4.69, 9.17) is 9.84 Å². The molecule has 2 aromatic rings. The van der Waals surface area contributed by atoms with Gasteiger partial charge >= 0.3 is 5.97 Å². The monoisotopic (exact) mass is 232 g/mol. The van der Waals surface area contributed by atoms with Gasteiger partial charge in [0.25, 0.3) is 0 Å². The van der Waals surface area contributed by atoms with Gasteiger partial charge in [-0.1, -0.05) is 18.2 Å². The highest BCUT2D eigenvalue weighted by Gasteiger charge is 2.11. The van der Waals surface area contributed by atoms with Crippen molar-refractivity contribution in [2.75, 3.05) is 0 Å². The maximum absolute atomic E-state index is 13.1. The third-order valence-corrected chi connectivity index (χ3v) is 2.15. The zero-order chi connectivity index (χ0) is 12.3. The lowest BCUT2D eigenvalue weighted by atomic mass is 10.2. The van der Waals surface area contributed by atoms with Crippen LogP contribution in [0.15, 0.2) is 48.5 Å². The van der Waals surface area contributed by atoms with Crippen LogP contribution < -0.4 is 4.74 Å². The number of rotatable bonds is 3. The first-order valence-corrected chi connectivity index (χ1v) is 4.92. The second-order valence-electron chi connectivity index (χ2n) is 3.36. The van der Waals surface area contributed by atoms with Gasteiger partial charge in [-0.05, 0) is 30.3 Å². The number of aromatic carboxylic acids is 1. The normalized spacial score (nSPS) is 9.94. The predicted octanol–water partition coefficient (Wildman–Crippen LogP) is 3.32. The van der Waals surface area contributed by atoms with E-state index in [1.54, 1.807) is 24.3 Å². The molecular weight excluding hydrogens is 223 g/mol. The van der Waals surface area contributed by atoms with Crippen molar-refractivity contribution in [3.63, 3.8) is 0 Å². The molecular formula is C13H9FO3. The van der Waals surface area contributed by atoms with E-state index in [1.807, 2.05) is 6.07 Å². The molecule has 0 saturated heterocycles. The van der Waals surface area contributed by atoms with Gasteiger partial charge in [-0.2, -0.15) is 0 Å². The van der Waals surface area contributed by atoms with Crippen molar-refractivity contribution in [2.45, 2.75) is 0 Å². The maximum Gasteiger partial charge on any atom is 0.338 e. The van der Waals surface area contributed by atoms with Gasteiger partial charge in [0.2, 0.25) is 0 Å². The van der Waals surface area contributed by atoms with Crippen LogP contribution in [0, 0.1) is 5.82 Å². The lowest BCUT2D eigenvalue weighted by Gasteiger charge is -2.06. The molecule has 0 fully saturated rings. The summed E-state index contributed by atoms with van der Waals surface area (Å²) in [5.74, 6) is -1.25. The van der Waals surface area contributed by atoms with E-state index in [1.165, 1.54) is 6.07 Å². The van der Waals surface area contributed by atoms with Crippen LogP contribution in [-0.4, -0.2) is 11.1 Å². The fourth-order valence-electron chi connectivity index (χ4n) is 1.36. The topological polar surface area (TPSA) is 46.5 Å². The van der Waals surface area contributed by atoms with E-state index < -0.39 is 17.3 Å². The molecule has 4 heteroatoms. The standard InChI is InChI=1S/C13H9FO3/c14-12-7-6-10(8-11(12)13(15)16)17-9-4-2-1-3-5-9/h1-8H,(H,15,16). The number of hydrogen-bond donors (Lipinski definition) is 1. The van der Waals surface area contributed by atoms with Crippen molar-refractivity contribution in [1.29, 1.82) is 0 Å². The number of benzene rings is 2. The molecule has 17 heavy (non-hydrogen) atoms. The molecule has 0 aromatic heterocycles. The van der Waals surface area contributed by atoms with E-state index in [2.05, 4.69) is 0 Å². The summed E-state index contributed by atoms with van der Waals surface area (Å²) in [4.78, 5) is 10.7. The summed E-state index contributed by atoms with van der Waals surface area (Å²) in [7, 11) is 0. The number of hydrogen-bond acceptors (Lipinski definition) is 2. The Morgan fingerprint density at radius 3 is 2.41 bits per heavy atom. The first-order chi connectivity index (χ1) is 8.16. The lowest BCUT2D eigenvalue weighted by molar-refractivity contribution is 0.0691. The molecule has 0 heterocycles. The van der Waals surface area contributed by atoms with Crippen LogP contribution in [0.5, 0.6) is 11.5 Å². The van der Waals surface area contributed by atoms with Gasteiger partial charge in [0.05, 0.1) is 5.56 Å². The van der Waals surface area contributed by atoms with Crippen LogP contribution >= 0.6 is 0 Å². The molecule has 0 amide bonds. The lowest BCUT2D eigenvalue weighted by Crippen LogP contribution is -2.00. The summed E-state index contributed by atoms with van der Waals surface area (Å²) in [6.45, 7) is 0. The first kappa shape index (κ1) is 11.1. The molecule has 0 atom stereocenters. The van der Waals surface area contributed by atoms with E-state index in [-0.39, 0.29) is 5.75 Å². The van der Waals surface area contributed by atoms with Gasteiger partial charge in [0, 0.05) is 0 Å². The highest BCUT2D eigenvalue weighted by atomic mass is 19.1. The number of carboxylic acid groups (broad SMARTS) is 1. The molecule has 0 aliphatic heterocycles. The number of ether oxygens (including phenoxy) is 1. The first-order valence-electron chi connectivity index (χ1n) is 4.92. The van der Waals surface area contributed by atoms with Gasteiger partial charge in [-0.25, -0.2) is 9.18 Å². The highest BCUT2D eigenvalue weighted by Crippen LogP contribution is 2.23. The molecule has 0 unspecified atom stereocenters. The molecule has 0 saturated carbocycles. The molecule has 86 valence electrons. The van der Waals surface area contributed by atoms with Crippen LogP contribution in [0.3, 0.4) is 0 Å². The Morgan fingerprint density at radius 1 is 1.06 bits per heavy atom. The SMILES string of the molecule is O=C(O)c1cc(Oc2ccccc2)ccc1F. The molecule has 3 nitrogen and oxygen atoms in total. The molecule has 0 aliphatic carbocycles. The van der Waals surface area contributed by atoms with Crippen LogP contribution in [0.4, 0.5) is 4.39 Å². The van der Waals surface area contributed by atoms with Crippen molar-refractivity contribution in [2.24, 2.45) is 0 Å². The third kappa shape index (κ3) is 2.60. The summed E-state index contributed by atoms with van der Waals surface area (Å²) in [6, 6.07) is 12.5. The Morgan fingerprint density at radius 2 is 1.76 bits per heavy atom. The minimum Gasteiger partial charge on any atom is -0.478 e. The van der Waals surface area contributed by atoms with Crippen LogP contribution in [0.25, 0.3) is 0 Å². The fourth-order valence-corrected chi connectivity index (χ4v) is 1.36. The molecule has 1 N–H and O–H groups in total. The second-order valence-corrected chi connectivity index (χ2v) is 3.36. The Kier molecular flexibility index (Phi) is 3.05. The second kappa shape index (κ2) is 4.65. The fraction of sp³-hybridized carbons (Fsp3) is 0. The van der Waals surface area contributed by atoms with Gasteiger partial charge in [0.15, 0.2) is 0 Å². The average Bonchev–Trinajstić information content (AvgIpc) is 2.32. The van der Waals surface area contributed by atoms with Gasteiger partial charge in [0.1, 0.15) is 17.3 Å². The van der Waals surface area contributed by atoms with Crippen LogP contribution in [-0.2, 0) is 0 Å². The van der Waals surface area contributed by atoms with Crippen LogP contribution in [0.1, 0.15) is 10.4 Å². The van der Waals surface area contributed by atoms with E-state index in [0.29, 0.717) is 5.75 Å². The number of carboxylic acids is 1. The zero-order valence-electron chi connectivity index (χ0n) is 8.76. The number of para-hydroxylation sites is 1. The summed E-state index contributed by atoms with van der Waals surface area (Å²) in [5, 5.41) is 8.76. The summed E-state index contributed by atoms with van der Waals surface area (Å²) in [5.41, 5.74) is -0.404. The summed E-state index contributed by atoms with van der Waals surface area (Å²) >= 11 is 0. The Balaban J connectivity index is 2.29. The maximum atomic E-state index is 13.1. The van der Waals surface area contributed by atoms with Gasteiger partial charge < -0.3 is 9.84 Å². The van der Waals surface area contributed by atoms with E-state index in [0.717, 1.165) is 12.1 Å². The average molecular weight is 232 g/mol. The van der Waals surface area contributed by atoms with Gasteiger partial charge in [-0.3, -0.25) is 0 Å². The molecule has 2 rings (SSSR count).